The maximum Gasteiger partial charge on any atom is 0.245 e. The second-order valence-corrected chi connectivity index (χ2v) is 1.97. The summed E-state index contributed by atoms with van der Waals surface area (Å²) in [5.74, 6) is 5.45. The molecule has 4 N–H and O–H groups in total. The summed E-state index contributed by atoms with van der Waals surface area (Å²) >= 11 is 0. The van der Waals surface area contributed by atoms with E-state index in [1.807, 2.05) is 0 Å². The summed E-state index contributed by atoms with van der Waals surface area (Å²) in [6.45, 7) is 0. The zero-order valence-electron chi connectivity index (χ0n) is 5.94. The molecule has 0 saturated heterocycles. The predicted molar refractivity (Wildman–Crippen MR) is 36.3 cm³/mol. The maximum atomic E-state index is 5.43. The van der Waals surface area contributed by atoms with Crippen LogP contribution in [0, 0.1) is 0 Å². The zero-order chi connectivity index (χ0) is 7.72. The van der Waals surface area contributed by atoms with E-state index in [2.05, 4.69) is 10.2 Å². The van der Waals surface area contributed by atoms with Gasteiger partial charge in [-0.25, -0.2) is 4.68 Å². The summed E-state index contributed by atoms with van der Waals surface area (Å²) in [7, 11) is 3.47. The number of nitrogens with two attached hydrogens (primary N) is 2. The Morgan fingerprint density at radius 3 is 2.30 bits per heavy atom. The molecule has 0 spiro atoms. The molecule has 1 rings (SSSR count). The molecule has 0 aliphatic carbocycles. The van der Waals surface area contributed by atoms with Gasteiger partial charge >= 0.3 is 0 Å². The molecular weight excluding hydrogens is 132 g/mol. The molecule has 0 radical (unpaired) electrons. The van der Waals surface area contributed by atoms with Gasteiger partial charge < -0.3 is 11.6 Å². The zero-order valence-corrected chi connectivity index (χ0v) is 5.94. The highest BCUT2D eigenvalue weighted by molar-refractivity contribution is 5.12. The van der Waals surface area contributed by atoms with Crippen LogP contribution in [0.15, 0.2) is 5.10 Å². The van der Waals surface area contributed by atoms with E-state index < -0.39 is 0 Å². The lowest BCUT2D eigenvalue weighted by Gasteiger charge is -1.88. The number of hydrogen-bond donors (Lipinski definition) is 2. The Balaban J connectivity index is 3.50. The molecule has 6 nitrogen and oxygen atoms in total. The Labute approximate surface area is 57.7 Å². The molecule has 1 aromatic heterocycles. The minimum absolute atomic E-state index is 0.395. The fourth-order valence-electron chi connectivity index (χ4n) is 0.755. The lowest BCUT2D eigenvalue weighted by molar-refractivity contribution is 0.679. The van der Waals surface area contributed by atoms with Crippen LogP contribution in [0.3, 0.4) is 0 Å². The normalized spacial score (nSPS) is 12.4. The van der Waals surface area contributed by atoms with Crippen molar-refractivity contribution in [3.8, 4) is 0 Å². The first-order valence-corrected chi connectivity index (χ1v) is 2.76. The van der Waals surface area contributed by atoms with Crippen molar-refractivity contribution >= 4 is 5.95 Å². The number of hydrogen-bond acceptors (Lipinski definition) is 4. The molecule has 0 aliphatic rings. The molecule has 0 aromatic carbocycles. The van der Waals surface area contributed by atoms with Gasteiger partial charge in [-0.2, -0.15) is 0 Å². The van der Waals surface area contributed by atoms with Gasteiger partial charge in [-0.15, -0.1) is 10.2 Å². The highest BCUT2D eigenvalue weighted by Crippen LogP contribution is 1.84. The molecule has 6 heteroatoms. The molecule has 10 heavy (non-hydrogen) atoms. The summed E-state index contributed by atoms with van der Waals surface area (Å²) in [6, 6.07) is 0. The molecule has 0 saturated carbocycles. The van der Waals surface area contributed by atoms with Crippen LogP contribution in [-0.4, -0.2) is 14.3 Å². The Kier molecular flexibility index (Phi) is 1.37. The lowest BCUT2D eigenvalue weighted by atomic mass is 10.9. The van der Waals surface area contributed by atoms with E-state index >= 15 is 0 Å². The van der Waals surface area contributed by atoms with Gasteiger partial charge in [0.2, 0.25) is 11.6 Å². The van der Waals surface area contributed by atoms with Crippen molar-refractivity contribution in [3.63, 3.8) is 0 Å². The standard InChI is InChI=1S/C4H10N6/c1-9-3(5)8-10(2)4(9)7-6/h6H2,1-2H3,(H2,5,8). The van der Waals surface area contributed by atoms with E-state index in [-0.39, 0.29) is 0 Å². The van der Waals surface area contributed by atoms with E-state index in [0.717, 1.165) is 0 Å². The first-order valence-electron chi connectivity index (χ1n) is 2.76. The van der Waals surface area contributed by atoms with Crippen molar-refractivity contribution in [1.82, 2.24) is 14.3 Å². The Morgan fingerprint density at radius 1 is 1.50 bits per heavy atom. The van der Waals surface area contributed by atoms with Crippen LogP contribution in [0.1, 0.15) is 0 Å². The topological polar surface area (TPSA) is 87.2 Å². The predicted octanol–water partition coefficient (Wildman–Crippen LogP) is -1.88. The van der Waals surface area contributed by atoms with E-state index in [1.54, 1.807) is 18.7 Å². The molecule has 0 bridgehead atoms. The van der Waals surface area contributed by atoms with E-state index in [4.69, 9.17) is 11.6 Å². The molecule has 0 unspecified atom stereocenters. The summed E-state index contributed by atoms with van der Waals surface area (Å²) in [5, 5.41) is 7.34. The molecular formula is C4H10N6. The number of anilines is 1. The minimum atomic E-state index is 0.395. The number of nitrogen functional groups attached to an aromatic ring is 1. The van der Waals surface area contributed by atoms with Gasteiger partial charge in [0.25, 0.3) is 0 Å². The first kappa shape index (κ1) is 6.66. The number of nitrogens with zero attached hydrogens (tertiary/aromatic N) is 4. The van der Waals surface area contributed by atoms with Crippen molar-refractivity contribution in [2.45, 2.75) is 0 Å². The lowest BCUT2D eigenvalue weighted by Crippen LogP contribution is -2.24. The maximum absolute atomic E-state index is 5.43. The third-order valence-corrected chi connectivity index (χ3v) is 1.30. The summed E-state index contributed by atoms with van der Waals surface area (Å²) in [6.07, 6.45) is 0. The second kappa shape index (κ2) is 2.05. The first-order chi connectivity index (χ1) is 4.66. The van der Waals surface area contributed by atoms with E-state index in [1.165, 1.54) is 4.68 Å². The number of aromatic nitrogens is 3. The average Bonchev–Trinajstić information content (AvgIpc) is 2.09. The van der Waals surface area contributed by atoms with Crippen molar-refractivity contribution < 1.29 is 0 Å². The molecule has 56 valence electrons. The van der Waals surface area contributed by atoms with Crippen molar-refractivity contribution in [2.24, 2.45) is 25.0 Å². The van der Waals surface area contributed by atoms with Gasteiger partial charge in [-0.3, -0.25) is 4.57 Å². The fourth-order valence-corrected chi connectivity index (χ4v) is 0.755. The van der Waals surface area contributed by atoms with Crippen LogP contribution in [0.5, 0.6) is 0 Å². The molecule has 0 fully saturated rings. The Hall–Kier alpha value is -1.46. The third-order valence-electron chi connectivity index (χ3n) is 1.30. The number of aryl methyl sites for hydroxylation is 1. The van der Waals surface area contributed by atoms with Crippen LogP contribution in [0.4, 0.5) is 5.95 Å². The second-order valence-electron chi connectivity index (χ2n) is 1.97. The number of rotatable bonds is 0. The Bertz CT molecular complexity index is 291. The molecule has 1 aromatic rings. The average molecular weight is 142 g/mol. The van der Waals surface area contributed by atoms with Gasteiger partial charge in [0.15, 0.2) is 0 Å². The van der Waals surface area contributed by atoms with E-state index in [9.17, 15) is 0 Å². The van der Waals surface area contributed by atoms with Crippen LogP contribution >= 0.6 is 0 Å². The van der Waals surface area contributed by atoms with Gasteiger partial charge in [-0.05, 0) is 0 Å². The third kappa shape index (κ3) is 0.734. The smallest absolute Gasteiger partial charge is 0.245 e. The summed E-state index contributed by atoms with van der Waals surface area (Å²) in [5.41, 5.74) is 5.97. The SMILES string of the molecule is Cn1nc(N)n(C)c1=NN. The molecule has 0 aliphatic heterocycles. The fraction of sp³-hybridized carbons (Fsp3) is 0.500. The monoisotopic (exact) mass is 142 g/mol. The molecule has 0 atom stereocenters. The van der Waals surface area contributed by atoms with Crippen LogP contribution in [-0.2, 0) is 14.1 Å². The Morgan fingerprint density at radius 2 is 2.10 bits per heavy atom. The van der Waals surface area contributed by atoms with Gasteiger partial charge in [-0.1, -0.05) is 0 Å². The largest absolute Gasteiger partial charge is 0.368 e. The highest BCUT2D eigenvalue weighted by Gasteiger charge is 1.98. The van der Waals surface area contributed by atoms with E-state index in [0.29, 0.717) is 11.6 Å². The van der Waals surface area contributed by atoms with Gasteiger partial charge in [0, 0.05) is 14.1 Å². The minimum Gasteiger partial charge on any atom is -0.368 e. The summed E-state index contributed by atoms with van der Waals surface area (Å²) < 4.78 is 3.11. The van der Waals surface area contributed by atoms with Crippen LogP contribution < -0.4 is 17.2 Å². The van der Waals surface area contributed by atoms with Crippen molar-refractivity contribution in [2.75, 3.05) is 5.73 Å². The van der Waals surface area contributed by atoms with Gasteiger partial charge in [0.05, 0.1) is 0 Å². The van der Waals surface area contributed by atoms with Crippen LogP contribution in [0.25, 0.3) is 0 Å². The van der Waals surface area contributed by atoms with Crippen molar-refractivity contribution in [1.29, 1.82) is 0 Å². The molecule has 1 heterocycles. The van der Waals surface area contributed by atoms with Crippen LogP contribution in [0.2, 0.25) is 0 Å². The van der Waals surface area contributed by atoms with Crippen molar-refractivity contribution in [3.05, 3.63) is 5.62 Å². The van der Waals surface area contributed by atoms with Gasteiger partial charge in [0.1, 0.15) is 0 Å². The quantitative estimate of drug-likeness (QED) is 0.328. The summed E-state index contributed by atoms with van der Waals surface area (Å²) in [4.78, 5) is 0. The highest BCUT2D eigenvalue weighted by atomic mass is 15.4. The molecule has 0 amide bonds.